The van der Waals surface area contributed by atoms with Crippen molar-refractivity contribution in [3.8, 4) is 23.3 Å². The molecular weight excluding hydrogens is 500 g/mol. The van der Waals surface area contributed by atoms with Gasteiger partial charge in [-0.25, -0.2) is 4.79 Å². The number of amides is 1. The maximum atomic E-state index is 12.5. The molecule has 178 valence electrons. The smallest absolute Gasteiger partial charge is 0.349 e. The van der Waals surface area contributed by atoms with Crippen LogP contribution in [0.3, 0.4) is 0 Å². The zero-order valence-electron chi connectivity index (χ0n) is 19.6. The quantitative estimate of drug-likeness (QED) is 0.152. The molecule has 2 rings (SSSR count). The van der Waals surface area contributed by atoms with E-state index >= 15 is 0 Å². The van der Waals surface area contributed by atoms with Crippen LogP contribution in [0.4, 0.5) is 0 Å². The molecule has 0 radical (unpaired) electrons. The van der Waals surface area contributed by atoms with Crippen molar-refractivity contribution < 1.29 is 23.8 Å². The molecule has 0 unspecified atom stereocenters. The fraction of sp³-hybridized carbons (Fsp3) is 0.269. The number of hydrogen-bond donors (Lipinski definition) is 1. The average molecular weight is 527 g/mol. The Morgan fingerprint density at radius 1 is 1.21 bits per heavy atom. The summed E-state index contributed by atoms with van der Waals surface area (Å²) in [5.74, 6) is 0.183. The van der Waals surface area contributed by atoms with Crippen LogP contribution in [0.15, 0.2) is 53.0 Å². The number of halogens is 1. The van der Waals surface area contributed by atoms with Gasteiger partial charge in [-0.15, -0.1) is 6.58 Å². The molecule has 0 saturated heterocycles. The largest absolute Gasteiger partial charge is 0.493 e. The molecule has 0 bridgehead atoms. The third-order valence-electron chi connectivity index (χ3n) is 4.75. The van der Waals surface area contributed by atoms with Crippen LogP contribution >= 0.6 is 15.9 Å². The second kappa shape index (κ2) is 12.6. The summed E-state index contributed by atoms with van der Waals surface area (Å²) in [6.45, 7) is 9.52. The summed E-state index contributed by atoms with van der Waals surface area (Å²) in [5, 5.41) is 11.8. The number of methoxy groups -OCH3 is 1. The number of nitrogens with zero attached hydrogens (tertiary/aromatic N) is 1. The summed E-state index contributed by atoms with van der Waals surface area (Å²) in [6.07, 6.45) is 2.93. The predicted molar refractivity (Wildman–Crippen MR) is 134 cm³/mol. The van der Waals surface area contributed by atoms with Gasteiger partial charge in [0.05, 0.1) is 7.11 Å². The molecule has 8 heteroatoms. The SMILES string of the molecule is C=CCNC(=O)/C(C#N)=C/c1ccc(OC(=O)COc2cc(C)c(Br)cc2C(C)C)c(OC)c1. The van der Waals surface area contributed by atoms with E-state index in [0.717, 1.165) is 15.6 Å². The van der Waals surface area contributed by atoms with E-state index in [0.29, 0.717) is 11.3 Å². The fourth-order valence-electron chi connectivity index (χ4n) is 2.97. The molecule has 34 heavy (non-hydrogen) atoms. The molecular formula is C26H27BrN2O5. The minimum atomic E-state index is -0.599. The van der Waals surface area contributed by atoms with E-state index in [2.05, 4.69) is 27.8 Å². The van der Waals surface area contributed by atoms with Crippen LogP contribution in [-0.4, -0.2) is 32.1 Å². The lowest BCUT2D eigenvalue weighted by atomic mass is 10.0. The molecule has 0 aromatic heterocycles. The summed E-state index contributed by atoms with van der Waals surface area (Å²) in [7, 11) is 1.43. The van der Waals surface area contributed by atoms with Gasteiger partial charge in [-0.2, -0.15) is 5.26 Å². The summed E-state index contributed by atoms with van der Waals surface area (Å²) in [5.41, 5.74) is 2.43. The van der Waals surface area contributed by atoms with Crippen LogP contribution < -0.4 is 19.5 Å². The van der Waals surface area contributed by atoms with Crippen LogP contribution in [0.25, 0.3) is 6.08 Å². The second-order valence-electron chi connectivity index (χ2n) is 7.64. The maximum Gasteiger partial charge on any atom is 0.349 e. The van der Waals surface area contributed by atoms with E-state index in [1.54, 1.807) is 12.1 Å². The molecule has 0 aliphatic rings. The molecule has 1 amide bonds. The highest BCUT2D eigenvalue weighted by Gasteiger charge is 2.16. The van der Waals surface area contributed by atoms with Gasteiger partial charge in [-0.05, 0) is 59.9 Å². The Morgan fingerprint density at radius 3 is 2.56 bits per heavy atom. The van der Waals surface area contributed by atoms with Crippen molar-refractivity contribution in [2.24, 2.45) is 0 Å². The van der Waals surface area contributed by atoms with Gasteiger partial charge in [-0.3, -0.25) is 4.79 Å². The van der Waals surface area contributed by atoms with Crippen molar-refractivity contribution in [2.45, 2.75) is 26.7 Å². The number of ether oxygens (including phenoxy) is 3. The normalized spacial score (nSPS) is 10.9. The minimum absolute atomic E-state index is 0.0761. The van der Waals surface area contributed by atoms with E-state index < -0.39 is 11.9 Å². The summed E-state index contributed by atoms with van der Waals surface area (Å²) >= 11 is 3.52. The summed E-state index contributed by atoms with van der Waals surface area (Å²) in [4.78, 5) is 24.5. The lowest BCUT2D eigenvalue weighted by Crippen LogP contribution is -2.24. The summed E-state index contributed by atoms with van der Waals surface area (Å²) in [6, 6.07) is 10.4. The first kappa shape index (κ1) is 26.7. The molecule has 0 atom stereocenters. The van der Waals surface area contributed by atoms with Gasteiger partial charge < -0.3 is 19.5 Å². The van der Waals surface area contributed by atoms with Crippen LogP contribution in [0.2, 0.25) is 0 Å². The monoisotopic (exact) mass is 526 g/mol. The molecule has 0 spiro atoms. The van der Waals surface area contributed by atoms with Crippen molar-refractivity contribution in [1.82, 2.24) is 5.32 Å². The lowest BCUT2D eigenvalue weighted by Gasteiger charge is -2.16. The van der Waals surface area contributed by atoms with Crippen molar-refractivity contribution in [2.75, 3.05) is 20.3 Å². The molecule has 1 N–H and O–H groups in total. The van der Waals surface area contributed by atoms with Crippen LogP contribution in [0, 0.1) is 18.3 Å². The highest BCUT2D eigenvalue weighted by atomic mass is 79.9. The van der Waals surface area contributed by atoms with E-state index in [1.165, 1.54) is 25.3 Å². The minimum Gasteiger partial charge on any atom is -0.493 e. The van der Waals surface area contributed by atoms with E-state index in [9.17, 15) is 14.9 Å². The van der Waals surface area contributed by atoms with Gasteiger partial charge >= 0.3 is 5.97 Å². The molecule has 0 saturated carbocycles. The van der Waals surface area contributed by atoms with Crippen molar-refractivity contribution >= 4 is 33.9 Å². The molecule has 0 heterocycles. The van der Waals surface area contributed by atoms with E-state index in [-0.39, 0.29) is 36.1 Å². The Hall–Kier alpha value is -3.57. The standard InChI is InChI=1S/C26H27BrN2O5/c1-6-9-29-26(31)19(14-28)11-18-7-8-22(24(12-18)32-5)34-25(30)15-33-23-10-17(4)21(27)13-20(23)16(2)3/h6-8,10-13,16H,1,9,15H2,2-5H3,(H,29,31)/b19-11+. The summed E-state index contributed by atoms with van der Waals surface area (Å²) < 4.78 is 17.5. The van der Waals surface area contributed by atoms with Gasteiger partial charge in [0, 0.05) is 11.0 Å². The average Bonchev–Trinajstić information content (AvgIpc) is 2.81. The Labute approximate surface area is 208 Å². The Morgan fingerprint density at radius 2 is 1.94 bits per heavy atom. The first-order chi connectivity index (χ1) is 16.2. The van der Waals surface area contributed by atoms with Crippen LogP contribution in [0.5, 0.6) is 17.2 Å². The number of esters is 1. The number of aryl methyl sites for hydroxylation is 1. The van der Waals surface area contributed by atoms with Crippen LogP contribution in [0.1, 0.15) is 36.5 Å². The Kier molecular flexibility index (Phi) is 9.90. The number of nitrogens with one attached hydrogen (secondary N) is 1. The number of carbonyl (C=O) groups excluding carboxylic acids is 2. The second-order valence-corrected chi connectivity index (χ2v) is 8.49. The third-order valence-corrected chi connectivity index (χ3v) is 5.61. The molecule has 7 nitrogen and oxygen atoms in total. The van der Waals surface area contributed by atoms with Gasteiger partial charge in [0.2, 0.25) is 0 Å². The predicted octanol–water partition coefficient (Wildman–Crippen LogP) is 5.08. The Bertz CT molecular complexity index is 1150. The first-order valence-electron chi connectivity index (χ1n) is 10.5. The molecule has 0 aliphatic heterocycles. The van der Waals surface area contributed by atoms with E-state index in [1.807, 2.05) is 39.0 Å². The highest BCUT2D eigenvalue weighted by molar-refractivity contribution is 9.10. The van der Waals surface area contributed by atoms with Crippen molar-refractivity contribution in [1.29, 1.82) is 5.26 Å². The van der Waals surface area contributed by atoms with Crippen LogP contribution in [-0.2, 0) is 9.59 Å². The van der Waals surface area contributed by atoms with Gasteiger partial charge in [-0.1, -0.05) is 41.9 Å². The topological polar surface area (TPSA) is 97.7 Å². The Balaban J connectivity index is 2.14. The number of nitriles is 1. The van der Waals surface area contributed by atoms with Crippen molar-refractivity contribution in [3.63, 3.8) is 0 Å². The van der Waals surface area contributed by atoms with Gasteiger partial charge in [0.1, 0.15) is 17.4 Å². The molecule has 0 fully saturated rings. The third kappa shape index (κ3) is 7.22. The van der Waals surface area contributed by atoms with Crippen molar-refractivity contribution in [3.05, 3.63) is 69.7 Å². The zero-order chi connectivity index (χ0) is 25.3. The van der Waals surface area contributed by atoms with Gasteiger partial charge in [0.15, 0.2) is 18.1 Å². The fourth-order valence-corrected chi connectivity index (χ4v) is 3.33. The molecule has 2 aromatic rings. The zero-order valence-corrected chi connectivity index (χ0v) is 21.2. The number of rotatable bonds is 10. The molecule has 2 aromatic carbocycles. The maximum absolute atomic E-state index is 12.5. The number of benzene rings is 2. The molecule has 0 aliphatic carbocycles. The van der Waals surface area contributed by atoms with E-state index in [4.69, 9.17) is 14.2 Å². The number of hydrogen-bond acceptors (Lipinski definition) is 6. The lowest BCUT2D eigenvalue weighted by molar-refractivity contribution is -0.136. The first-order valence-corrected chi connectivity index (χ1v) is 11.3. The number of carbonyl (C=O) groups is 2. The van der Waals surface area contributed by atoms with Gasteiger partial charge in [0.25, 0.3) is 5.91 Å². The highest BCUT2D eigenvalue weighted by Crippen LogP contribution is 2.33.